The molecule has 0 saturated carbocycles. The predicted molar refractivity (Wildman–Crippen MR) is 111 cm³/mol. The number of esters is 1. The number of halogens is 1. The Balaban J connectivity index is 1.95. The lowest BCUT2D eigenvalue weighted by molar-refractivity contribution is -0.114. The number of benzene rings is 1. The second-order valence-electron chi connectivity index (χ2n) is 6.76. The fourth-order valence-corrected chi connectivity index (χ4v) is 3.01. The molecule has 0 saturated heterocycles. The van der Waals surface area contributed by atoms with Gasteiger partial charge in [0.15, 0.2) is 0 Å². The number of carbonyl (C=O) groups is 2. The number of carbonyl (C=O) groups excluding carboxylic acids is 2. The molecule has 1 N–H and O–H groups in total. The molecule has 1 aromatic heterocycles. The van der Waals surface area contributed by atoms with E-state index in [2.05, 4.69) is 4.99 Å². The largest absolute Gasteiger partial charge is 0.492 e. The van der Waals surface area contributed by atoms with Gasteiger partial charge in [0.2, 0.25) is 5.90 Å². The van der Waals surface area contributed by atoms with Crippen molar-refractivity contribution in [3.05, 3.63) is 63.4 Å². The molecule has 2 heterocycles. The van der Waals surface area contributed by atoms with E-state index in [1.54, 1.807) is 51.1 Å². The van der Waals surface area contributed by atoms with Crippen molar-refractivity contribution in [1.82, 2.24) is 0 Å². The SMILES string of the molecule is CC1=C(C#N)C(O)=NC(=O)/C1=C/c1ccc(-c2ccc(Cl)c(C(=O)OC(C)C)c2)o1. The highest BCUT2D eigenvalue weighted by Crippen LogP contribution is 2.30. The molecule has 1 amide bonds. The van der Waals surface area contributed by atoms with E-state index in [-0.39, 0.29) is 27.8 Å². The fourth-order valence-electron chi connectivity index (χ4n) is 2.82. The molecule has 0 bridgehead atoms. The number of aliphatic hydroxyl groups is 1. The Morgan fingerprint density at radius 3 is 2.73 bits per heavy atom. The molecule has 152 valence electrons. The van der Waals surface area contributed by atoms with E-state index in [9.17, 15) is 14.7 Å². The van der Waals surface area contributed by atoms with Crippen molar-refractivity contribution < 1.29 is 23.8 Å². The van der Waals surface area contributed by atoms with Crippen molar-refractivity contribution >= 4 is 35.5 Å². The number of amides is 1. The number of ether oxygens (including phenoxy) is 1. The number of hydrogen-bond acceptors (Lipinski definition) is 5. The van der Waals surface area contributed by atoms with E-state index in [4.69, 9.17) is 26.0 Å². The standard InChI is InChI=1S/C22H17ClN2O5/c1-11(2)29-22(28)16-8-13(4-6-18(16)23)19-7-5-14(30-19)9-15-12(3)17(10-24)21(27)25-20(15)26/h4-9,11H,1-3H3,(H,25,26,27)/b15-9+. The summed E-state index contributed by atoms with van der Waals surface area (Å²) in [5, 5.41) is 19.0. The highest BCUT2D eigenvalue weighted by Gasteiger charge is 2.24. The van der Waals surface area contributed by atoms with Crippen molar-refractivity contribution in [2.45, 2.75) is 26.9 Å². The summed E-state index contributed by atoms with van der Waals surface area (Å²) in [6.45, 7) is 5.03. The van der Waals surface area contributed by atoms with Gasteiger partial charge in [-0.15, -0.1) is 0 Å². The summed E-state index contributed by atoms with van der Waals surface area (Å²) in [5.74, 6) is -1.04. The first kappa shape index (κ1) is 21.1. The minimum absolute atomic E-state index is 0.0707. The summed E-state index contributed by atoms with van der Waals surface area (Å²) < 4.78 is 11.0. The molecule has 7 nitrogen and oxygen atoms in total. The zero-order valence-electron chi connectivity index (χ0n) is 16.4. The highest BCUT2D eigenvalue weighted by molar-refractivity contribution is 6.33. The number of nitrogens with zero attached hydrogens (tertiary/aromatic N) is 2. The number of hydrogen-bond donors (Lipinski definition) is 1. The normalized spacial score (nSPS) is 15.4. The van der Waals surface area contributed by atoms with Gasteiger partial charge in [-0.25, -0.2) is 4.79 Å². The van der Waals surface area contributed by atoms with Gasteiger partial charge in [-0.2, -0.15) is 10.3 Å². The van der Waals surface area contributed by atoms with Gasteiger partial charge in [-0.05, 0) is 62.8 Å². The van der Waals surface area contributed by atoms with Crippen LogP contribution in [0.3, 0.4) is 0 Å². The maximum Gasteiger partial charge on any atom is 0.339 e. The minimum Gasteiger partial charge on any atom is -0.492 e. The molecule has 0 unspecified atom stereocenters. The molecule has 0 spiro atoms. The number of rotatable bonds is 4. The lowest BCUT2D eigenvalue weighted by Gasteiger charge is -2.11. The Morgan fingerprint density at radius 1 is 1.33 bits per heavy atom. The van der Waals surface area contributed by atoms with Gasteiger partial charge in [-0.3, -0.25) is 4.79 Å². The molecule has 0 radical (unpaired) electrons. The lowest BCUT2D eigenvalue weighted by atomic mass is 9.98. The number of dihydropyridines is 1. The van der Waals surface area contributed by atoms with E-state index in [0.717, 1.165) is 0 Å². The zero-order valence-corrected chi connectivity index (χ0v) is 17.1. The van der Waals surface area contributed by atoms with Crippen LogP contribution in [0.5, 0.6) is 0 Å². The topological polar surface area (TPSA) is 113 Å². The van der Waals surface area contributed by atoms with Crippen LogP contribution >= 0.6 is 11.6 Å². The van der Waals surface area contributed by atoms with E-state index < -0.39 is 17.8 Å². The van der Waals surface area contributed by atoms with E-state index in [0.29, 0.717) is 22.7 Å². The first-order valence-corrected chi connectivity index (χ1v) is 9.35. The quantitative estimate of drug-likeness (QED) is 0.552. The number of aliphatic imine (C=N–C) groups is 1. The Morgan fingerprint density at radius 2 is 2.07 bits per heavy atom. The van der Waals surface area contributed by atoms with Gasteiger partial charge in [-0.1, -0.05) is 11.6 Å². The van der Waals surface area contributed by atoms with Gasteiger partial charge in [0.05, 0.1) is 16.7 Å². The van der Waals surface area contributed by atoms with Crippen molar-refractivity contribution in [2.24, 2.45) is 4.99 Å². The zero-order chi connectivity index (χ0) is 22.0. The third-order valence-corrected chi connectivity index (χ3v) is 4.61. The molecule has 0 fully saturated rings. The second-order valence-corrected chi connectivity index (χ2v) is 7.17. The van der Waals surface area contributed by atoms with E-state index in [1.165, 1.54) is 6.08 Å². The Bertz CT molecular complexity index is 1180. The first-order valence-electron chi connectivity index (χ1n) is 8.97. The smallest absolute Gasteiger partial charge is 0.339 e. The average Bonchev–Trinajstić information content (AvgIpc) is 3.14. The summed E-state index contributed by atoms with van der Waals surface area (Å²) in [6.07, 6.45) is 1.15. The monoisotopic (exact) mass is 424 g/mol. The van der Waals surface area contributed by atoms with Gasteiger partial charge < -0.3 is 14.3 Å². The molecule has 0 atom stereocenters. The Kier molecular flexibility index (Phi) is 5.90. The fraction of sp³-hybridized carbons (Fsp3) is 0.182. The van der Waals surface area contributed by atoms with Gasteiger partial charge in [0.25, 0.3) is 5.91 Å². The number of furan rings is 1. The van der Waals surface area contributed by atoms with Crippen molar-refractivity contribution in [3.63, 3.8) is 0 Å². The predicted octanol–water partition coefficient (Wildman–Crippen LogP) is 4.89. The number of aliphatic hydroxyl groups excluding tert-OH is 1. The summed E-state index contributed by atoms with van der Waals surface area (Å²) in [5.41, 5.74) is 1.18. The van der Waals surface area contributed by atoms with Gasteiger partial charge in [0.1, 0.15) is 23.2 Å². The van der Waals surface area contributed by atoms with E-state index >= 15 is 0 Å². The molecule has 8 heteroatoms. The van der Waals surface area contributed by atoms with Crippen LogP contribution in [0.15, 0.2) is 56.5 Å². The summed E-state index contributed by atoms with van der Waals surface area (Å²) in [4.78, 5) is 27.8. The summed E-state index contributed by atoms with van der Waals surface area (Å²) >= 11 is 6.12. The molecular formula is C22H17ClN2O5. The van der Waals surface area contributed by atoms with Crippen LogP contribution in [-0.2, 0) is 9.53 Å². The van der Waals surface area contributed by atoms with Crippen LogP contribution in [0.4, 0.5) is 0 Å². The minimum atomic E-state index is -0.674. The van der Waals surface area contributed by atoms with Gasteiger partial charge in [0, 0.05) is 11.1 Å². The van der Waals surface area contributed by atoms with Crippen molar-refractivity contribution in [3.8, 4) is 17.4 Å². The third kappa shape index (κ3) is 4.19. The maximum absolute atomic E-state index is 12.2. The lowest BCUT2D eigenvalue weighted by Crippen LogP contribution is -2.16. The van der Waals surface area contributed by atoms with Crippen LogP contribution in [0.1, 0.15) is 36.9 Å². The molecule has 1 aromatic carbocycles. The third-order valence-electron chi connectivity index (χ3n) is 4.28. The Hall–Kier alpha value is -3.63. The molecule has 1 aliphatic rings. The van der Waals surface area contributed by atoms with E-state index in [1.807, 2.05) is 6.07 Å². The Labute approximate surface area is 177 Å². The molecular weight excluding hydrogens is 408 g/mol. The van der Waals surface area contributed by atoms with Gasteiger partial charge >= 0.3 is 5.97 Å². The number of nitriles is 1. The first-order chi connectivity index (χ1) is 14.2. The van der Waals surface area contributed by atoms with Crippen LogP contribution in [0.2, 0.25) is 5.02 Å². The molecule has 3 rings (SSSR count). The molecule has 0 aliphatic carbocycles. The van der Waals surface area contributed by atoms with Crippen LogP contribution in [-0.4, -0.2) is 29.0 Å². The van der Waals surface area contributed by atoms with Crippen molar-refractivity contribution in [1.29, 1.82) is 5.26 Å². The molecule has 1 aliphatic heterocycles. The molecule has 30 heavy (non-hydrogen) atoms. The average molecular weight is 425 g/mol. The van der Waals surface area contributed by atoms with Crippen LogP contribution in [0.25, 0.3) is 17.4 Å². The second kappa shape index (κ2) is 8.39. The van der Waals surface area contributed by atoms with Crippen molar-refractivity contribution in [2.75, 3.05) is 0 Å². The highest BCUT2D eigenvalue weighted by atomic mass is 35.5. The summed E-state index contributed by atoms with van der Waals surface area (Å²) in [7, 11) is 0. The van der Waals surface area contributed by atoms with Crippen LogP contribution in [0, 0.1) is 11.3 Å². The molecule has 2 aromatic rings. The van der Waals surface area contributed by atoms with Crippen LogP contribution < -0.4 is 0 Å². The maximum atomic E-state index is 12.2. The summed E-state index contributed by atoms with van der Waals surface area (Å²) in [6, 6.07) is 9.96.